The van der Waals surface area contributed by atoms with Crippen LogP contribution in [0, 0.1) is 6.92 Å². The van der Waals surface area contributed by atoms with Gasteiger partial charge in [0.2, 0.25) is 5.91 Å². The van der Waals surface area contributed by atoms with Crippen molar-refractivity contribution in [1.82, 2.24) is 5.43 Å². The van der Waals surface area contributed by atoms with E-state index in [0.29, 0.717) is 6.42 Å². The number of hydrazine groups is 1. The predicted octanol–water partition coefficient (Wildman–Crippen LogP) is 2.82. The first-order valence-electron chi connectivity index (χ1n) is 6.44. The Kier molecular flexibility index (Phi) is 5.21. The Bertz CT molecular complexity index is 599. The molecule has 0 fully saturated rings. The van der Waals surface area contributed by atoms with Crippen molar-refractivity contribution in [1.29, 1.82) is 0 Å². The van der Waals surface area contributed by atoms with Gasteiger partial charge in [-0.05, 0) is 30.2 Å². The zero-order valence-electron chi connectivity index (χ0n) is 11.4. The van der Waals surface area contributed by atoms with Crippen molar-refractivity contribution in [2.75, 3.05) is 0 Å². The molecule has 0 aliphatic rings. The van der Waals surface area contributed by atoms with Crippen LogP contribution < -0.4 is 11.3 Å². The summed E-state index contributed by atoms with van der Waals surface area (Å²) >= 11 is 1.77. The molecule has 2 aromatic rings. The fraction of sp³-hybridized carbons (Fsp3) is 0.188. The highest BCUT2D eigenvalue weighted by atomic mass is 32.2. The molecular weight excluding hydrogens is 268 g/mol. The highest BCUT2D eigenvalue weighted by Crippen LogP contribution is 2.25. The average Bonchev–Trinajstić information content (AvgIpc) is 2.46. The van der Waals surface area contributed by atoms with Crippen LogP contribution in [0.15, 0.2) is 53.4 Å². The Morgan fingerprint density at radius 1 is 1.15 bits per heavy atom. The maximum atomic E-state index is 11.4. The van der Waals surface area contributed by atoms with E-state index in [1.807, 2.05) is 18.2 Å². The lowest BCUT2D eigenvalue weighted by molar-refractivity contribution is -0.120. The molecule has 2 rings (SSSR count). The van der Waals surface area contributed by atoms with Gasteiger partial charge in [-0.25, -0.2) is 5.84 Å². The zero-order valence-corrected chi connectivity index (χ0v) is 12.2. The number of carbonyl (C=O) groups is 1. The number of hydrogen-bond acceptors (Lipinski definition) is 3. The largest absolute Gasteiger partial charge is 0.294 e. The number of carbonyl (C=O) groups excluding carboxylic acids is 1. The predicted molar refractivity (Wildman–Crippen MR) is 83.2 cm³/mol. The third-order valence-corrected chi connectivity index (χ3v) is 4.06. The Labute approximate surface area is 123 Å². The van der Waals surface area contributed by atoms with E-state index >= 15 is 0 Å². The first-order chi connectivity index (χ1) is 9.69. The van der Waals surface area contributed by atoms with Gasteiger partial charge in [0.1, 0.15) is 0 Å². The van der Waals surface area contributed by atoms with Crippen LogP contribution in [0.25, 0.3) is 0 Å². The van der Waals surface area contributed by atoms with E-state index in [0.717, 1.165) is 11.3 Å². The minimum Gasteiger partial charge on any atom is -0.294 e. The Morgan fingerprint density at radius 2 is 1.90 bits per heavy atom. The molecule has 104 valence electrons. The molecule has 0 atom stereocenters. The first-order valence-corrected chi connectivity index (χ1v) is 7.43. The number of hydrogen-bond donors (Lipinski definition) is 2. The van der Waals surface area contributed by atoms with Crippen molar-refractivity contribution in [3.8, 4) is 0 Å². The summed E-state index contributed by atoms with van der Waals surface area (Å²) in [5.74, 6) is 5.82. The van der Waals surface area contributed by atoms with Gasteiger partial charge in [0.15, 0.2) is 0 Å². The van der Waals surface area contributed by atoms with Crippen LogP contribution in [0.1, 0.15) is 16.7 Å². The van der Waals surface area contributed by atoms with Crippen molar-refractivity contribution in [2.45, 2.75) is 24.0 Å². The standard InChI is InChI=1S/C16H18N2OS/c1-12-5-4-8-15(9-12)20-11-14-7-3-2-6-13(14)10-16(19)18-17/h2-9H,10-11,17H2,1H3,(H,18,19). The Morgan fingerprint density at radius 3 is 2.60 bits per heavy atom. The summed E-state index contributed by atoms with van der Waals surface area (Å²) in [7, 11) is 0. The lowest BCUT2D eigenvalue weighted by Crippen LogP contribution is -2.31. The summed E-state index contributed by atoms with van der Waals surface area (Å²) < 4.78 is 0. The third-order valence-electron chi connectivity index (χ3n) is 3.01. The fourth-order valence-electron chi connectivity index (χ4n) is 1.96. The quantitative estimate of drug-likeness (QED) is 0.384. The van der Waals surface area contributed by atoms with Gasteiger partial charge >= 0.3 is 0 Å². The first kappa shape index (κ1) is 14.6. The second-order valence-electron chi connectivity index (χ2n) is 4.62. The van der Waals surface area contributed by atoms with Crippen LogP contribution in [0.5, 0.6) is 0 Å². The summed E-state index contributed by atoms with van der Waals surface area (Å²) in [6.07, 6.45) is 0.320. The minimum atomic E-state index is -0.169. The van der Waals surface area contributed by atoms with Crippen LogP contribution >= 0.6 is 11.8 Å². The van der Waals surface area contributed by atoms with E-state index in [1.165, 1.54) is 16.0 Å². The summed E-state index contributed by atoms with van der Waals surface area (Å²) in [6.45, 7) is 2.09. The topological polar surface area (TPSA) is 55.1 Å². The molecule has 0 saturated heterocycles. The van der Waals surface area contributed by atoms with E-state index in [-0.39, 0.29) is 5.91 Å². The van der Waals surface area contributed by atoms with Crippen molar-refractivity contribution in [3.05, 3.63) is 65.2 Å². The summed E-state index contributed by atoms with van der Waals surface area (Å²) in [4.78, 5) is 12.6. The Balaban J connectivity index is 2.07. The monoisotopic (exact) mass is 286 g/mol. The number of benzene rings is 2. The van der Waals surface area contributed by atoms with E-state index in [4.69, 9.17) is 5.84 Å². The zero-order chi connectivity index (χ0) is 14.4. The maximum absolute atomic E-state index is 11.4. The van der Waals surface area contributed by atoms with E-state index in [1.54, 1.807) is 11.8 Å². The van der Waals surface area contributed by atoms with Crippen LogP contribution in [-0.2, 0) is 17.0 Å². The lowest BCUT2D eigenvalue weighted by atomic mass is 10.1. The number of nitrogens with two attached hydrogens (primary N) is 1. The number of nitrogens with one attached hydrogen (secondary N) is 1. The molecule has 0 radical (unpaired) electrons. The minimum absolute atomic E-state index is 0.169. The molecule has 0 aliphatic carbocycles. The van der Waals surface area contributed by atoms with Gasteiger partial charge < -0.3 is 0 Å². The van der Waals surface area contributed by atoms with Crippen LogP contribution in [0.4, 0.5) is 0 Å². The second-order valence-corrected chi connectivity index (χ2v) is 5.67. The van der Waals surface area contributed by atoms with Crippen molar-refractivity contribution in [3.63, 3.8) is 0 Å². The molecule has 0 bridgehead atoms. The highest BCUT2D eigenvalue weighted by Gasteiger charge is 2.07. The molecule has 0 aromatic heterocycles. The van der Waals surface area contributed by atoms with Crippen molar-refractivity contribution >= 4 is 17.7 Å². The average molecular weight is 286 g/mol. The fourth-order valence-corrected chi connectivity index (χ4v) is 3.01. The molecule has 0 aliphatic heterocycles. The Hall–Kier alpha value is -1.78. The molecule has 0 unspecified atom stereocenters. The summed E-state index contributed by atoms with van der Waals surface area (Å²) in [6, 6.07) is 16.4. The number of amides is 1. The smallest absolute Gasteiger partial charge is 0.238 e. The van der Waals surface area contributed by atoms with Crippen LogP contribution in [0.2, 0.25) is 0 Å². The molecule has 2 aromatic carbocycles. The molecule has 20 heavy (non-hydrogen) atoms. The molecule has 4 heteroatoms. The SMILES string of the molecule is Cc1cccc(SCc2ccccc2CC(=O)NN)c1. The summed E-state index contributed by atoms with van der Waals surface area (Å²) in [5.41, 5.74) is 5.62. The molecule has 0 saturated carbocycles. The number of rotatable bonds is 5. The van der Waals surface area contributed by atoms with Gasteiger partial charge in [-0.15, -0.1) is 11.8 Å². The molecule has 3 N–H and O–H groups in total. The molecule has 3 nitrogen and oxygen atoms in total. The third kappa shape index (κ3) is 4.11. The lowest BCUT2D eigenvalue weighted by Gasteiger charge is -2.09. The van der Waals surface area contributed by atoms with Gasteiger partial charge in [0.05, 0.1) is 6.42 Å². The van der Waals surface area contributed by atoms with E-state index in [9.17, 15) is 4.79 Å². The molecular formula is C16H18N2OS. The maximum Gasteiger partial charge on any atom is 0.238 e. The summed E-state index contributed by atoms with van der Waals surface area (Å²) in [5, 5.41) is 0. The van der Waals surface area contributed by atoms with Crippen molar-refractivity contribution < 1.29 is 4.79 Å². The van der Waals surface area contributed by atoms with Gasteiger partial charge in [-0.2, -0.15) is 0 Å². The number of thioether (sulfide) groups is 1. The second kappa shape index (κ2) is 7.12. The van der Waals surface area contributed by atoms with Crippen LogP contribution in [0.3, 0.4) is 0 Å². The normalized spacial score (nSPS) is 10.3. The number of aryl methyl sites for hydroxylation is 1. The highest BCUT2D eigenvalue weighted by molar-refractivity contribution is 7.98. The van der Waals surface area contributed by atoms with E-state index in [2.05, 4.69) is 42.7 Å². The van der Waals surface area contributed by atoms with Crippen LogP contribution in [-0.4, -0.2) is 5.91 Å². The van der Waals surface area contributed by atoms with Gasteiger partial charge in [0, 0.05) is 10.6 Å². The molecule has 1 amide bonds. The van der Waals surface area contributed by atoms with Crippen molar-refractivity contribution in [2.24, 2.45) is 5.84 Å². The van der Waals surface area contributed by atoms with Gasteiger partial charge in [-0.1, -0.05) is 42.0 Å². The molecule has 0 heterocycles. The molecule has 0 spiro atoms. The van der Waals surface area contributed by atoms with Gasteiger partial charge in [0.25, 0.3) is 0 Å². The van der Waals surface area contributed by atoms with E-state index < -0.39 is 0 Å². The van der Waals surface area contributed by atoms with Gasteiger partial charge in [-0.3, -0.25) is 10.2 Å².